The number of halogens is 3. The molecule has 0 spiro atoms. The summed E-state index contributed by atoms with van der Waals surface area (Å²) in [6.07, 6.45) is -0.840. The number of thioether (sulfide) groups is 1. The number of likely N-dealkylation sites (tertiary alicyclic amines) is 1. The van der Waals surface area contributed by atoms with E-state index in [1.54, 1.807) is 25.7 Å². The second-order valence-electron chi connectivity index (χ2n) is 7.68. The molecule has 26 heavy (non-hydrogen) atoms. The van der Waals surface area contributed by atoms with Gasteiger partial charge in [0.2, 0.25) is 0 Å². The fourth-order valence-corrected chi connectivity index (χ4v) is 4.19. The minimum atomic E-state index is -2.75. The highest BCUT2D eigenvalue weighted by molar-refractivity contribution is 8.00. The molecular formula is C17H26F3N3O2S. The largest absolute Gasteiger partial charge is 0.444 e. The maximum atomic E-state index is 15.3. The Bertz CT molecular complexity index is 636. The van der Waals surface area contributed by atoms with Crippen LogP contribution >= 0.6 is 11.8 Å². The summed E-state index contributed by atoms with van der Waals surface area (Å²) in [7, 11) is 1.53. The van der Waals surface area contributed by atoms with Crippen LogP contribution in [0.1, 0.15) is 52.7 Å². The van der Waals surface area contributed by atoms with Crippen LogP contribution in [0.3, 0.4) is 0 Å². The van der Waals surface area contributed by atoms with Crippen LogP contribution in [0.25, 0.3) is 0 Å². The summed E-state index contributed by atoms with van der Waals surface area (Å²) in [6.45, 7) is 7.56. The summed E-state index contributed by atoms with van der Waals surface area (Å²) < 4.78 is 48.0. The number of alkyl halides is 3. The lowest BCUT2D eigenvalue weighted by Gasteiger charge is -2.38. The van der Waals surface area contributed by atoms with Crippen molar-refractivity contribution in [1.29, 1.82) is 0 Å². The molecule has 1 fully saturated rings. The quantitative estimate of drug-likeness (QED) is 0.691. The molecule has 0 radical (unpaired) electrons. The lowest BCUT2D eigenvalue weighted by Crippen LogP contribution is -2.44. The number of carbonyl (C=O) groups is 1. The van der Waals surface area contributed by atoms with Gasteiger partial charge in [-0.2, -0.15) is 5.10 Å². The molecule has 1 atom stereocenters. The minimum Gasteiger partial charge on any atom is -0.444 e. The van der Waals surface area contributed by atoms with E-state index in [9.17, 15) is 13.6 Å². The van der Waals surface area contributed by atoms with Crippen molar-refractivity contribution in [2.45, 2.75) is 62.5 Å². The van der Waals surface area contributed by atoms with Crippen molar-refractivity contribution in [2.24, 2.45) is 13.0 Å². The number of ether oxygens (including phenoxy) is 1. The van der Waals surface area contributed by atoms with E-state index >= 15 is 4.39 Å². The van der Waals surface area contributed by atoms with Gasteiger partial charge in [-0.3, -0.25) is 4.68 Å². The molecule has 1 aliphatic rings. The Labute approximate surface area is 156 Å². The topological polar surface area (TPSA) is 47.4 Å². The maximum absolute atomic E-state index is 15.3. The van der Waals surface area contributed by atoms with Gasteiger partial charge in [-0.15, -0.1) is 0 Å². The Morgan fingerprint density at radius 3 is 2.38 bits per heavy atom. The first-order chi connectivity index (χ1) is 11.9. The number of carbonyl (C=O) groups excluding carboxylic acids is 1. The van der Waals surface area contributed by atoms with Crippen LogP contribution in [0, 0.1) is 5.92 Å². The average molecular weight is 393 g/mol. The molecule has 0 N–H and O–H groups in total. The summed E-state index contributed by atoms with van der Waals surface area (Å²) in [5, 5.41) is 1.99. The summed E-state index contributed by atoms with van der Waals surface area (Å²) in [6, 6.07) is 0. The third-order valence-electron chi connectivity index (χ3n) is 4.21. The van der Waals surface area contributed by atoms with Gasteiger partial charge in [0.25, 0.3) is 6.43 Å². The maximum Gasteiger partial charge on any atom is 0.410 e. The number of amides is 1. The number of rotatable bonds is 4. The Morgan fingerprint density at radius 1 is 1.31 bits per heavy atom. The Balaban J connectivity index is 1.98. The Kier molecular flexibility index (Phi) is 6.20. The highest BCUT2D eigenvalue weighted by atomic mass is 32.2. The molecule has 1 aliphatic heterocycles. The SMILES string of the molecule is Cn1cc(S[C@@](C)(F)C2CCN(C(=O)OC(C)(C)C)CC2)c(C(F)F)n1. The van der Waals surface area contributed by atoms with Crippen LogP contribution in [0.4, 0.5) is 18.0 Å². The normalized spacial score (nSPS) is 18.9. The lowest BCUT2D eigenvalue weighted by molar-refractivity contribution is 0.0135. The van der Waals surface area contributed by atoms with Gasteiger partial charge in [0, 0.05) is 32.3 Å². The van der Waals surface area contributed by atoms with Crippen molar-refractivity contribution < 1.29 is 22.7 Å². The van der Waals surface area contributed by atoms with Crippen molar-refractivity contribution in [3.8, 4) is 0 Å². The fourth-order valence-electron chi connectivity index (χ4n) is 2.92. The van der Waals surface area contributed by atoms with Crippen LogP contribution in [0.2, 0.25) is 0 Å². The molecular weight excluding hydrogens is 367 g/mol. The molecule has 1 aromatic heterocycles. The zero-order valence-corrected chi connectivity index (χ0v) is 16.6. The van der Waals surface area contributed by atoms with E-state index in [4.69, 9.17) is 4.74 Å². The van der Waals surface area contributed by atoms with Gasteiger partial charge in [-0.1, -0.05) is 11.8 Å². The van der Waals surface area contributed by atoms with Gasteiger partial charge in [-0.25, -0.2) is 18.0 Å². The molecule has 1 amide bonds. The molecule has 1 saturated heterocycles. The molecule has 0 aromatic carbocycles. The van der Waals surface area contributed by atoms with E-state index in [2.05, 4.69) is 5.10 Å². The molecule has 0 bridgehead atoms. The summed E-state index contributed by atoms with van der Waals surface area (Å²) >= 11 is 0.783. The predicted octanol–water partition coefficient (Wildman–Crippen LogP) is 4.78. The summed E-state index contributed by atoms with van der Waals surface area (Å²) in [5.41, 5.74) is -0.975. The third-order valence-corrected chi connectivity index (χ3v) is 5.48. The molecule has 9 heteroatoms. The van der Waals surface area contributed by atoms with E-state index < -0.39 is 28.8 Å². The molecule has 2 rings (SSSR count). The first-order valence-corrected chi connectivity index (χ1v) is 9.38. The monoisotopic (exact) mass is 393 g/mol. The number of piperidine rings is 1. The standard InChI is InChI=1S/C17H26F3N3O2S/c1-16(2,3)25-15(24)23-8-6-11(7-9-23)17(4,20)26-12-10-22(5)21-13(12)14(18)19/h10-11,14H,6-9H2,1-5H3/t17-/m1/s1. The van der Waals surface area contributed by atoms with Crippen LogP contribution < -0.4 is 0 Å². The minimum absolute atomic E-state index is 0.155. The highest BCUT2D eigenvalue weighted by Gasteiger charge is 2.40. The second-order valence-corrected chi connectivity index (χ2v) is 9.12. The van der Waals surface area contributed by atoms with Crippen molar-refractivity contribution in [2.75, 3.05) is 13.1 Å². The van der Waals surface area contributed by atoms with Gasteiger partial charge in [-0.05, 0) is 40.5 Å². The van der Waals surface area contributed by atoms with Gasteiger partial charge >= 0.3 is 6.09 Å². The first kappa shape index (κ1) is 20.9. The van der Waals surface area contributed by atoms with E-state index in [0.717, 1.165) is 11.8 Å². The van der Waals surface area contributed by atoms with Crippen LogP contribution in [0.15, 0.2) is 11.1 Å². The van der Waals surface area contributed by atoms with Gasteiger partial charge < -0.3 is 9.64 Å². The molecule has 0 saturated carbocycles. The molecule has 0 aliphatic carbocycles. The van der Waals surface area contributed by atoms with Crippen molar-refractivity contribution in [3.05, 3.63) is 11.9 Å². The highest BCUT2D eigenvalue weighted by Crippen LogP contribution is 2.46. The van der Waals surface area contributed by atoms with E-state index in [1.165, 1.54) is 24.9 Å². The van der Waals surface area contributed by atoms with Crippen molar-refractivity contribution in [1.82, 2.24) is 14.7 Å². The van der Waals surface area contributed by atoms with Crippen LogP contribution in [-0.4, -0.2) is 44.5 Å². The zero-order valence-electron chi connectivity index (χ0n) is 15.8. The molecule has 2 heterocycles. The van der Waals surface area contributed by atoms with Crippen molar-refractivity contribution in [3.63, 3.8) is 0 Å². The van der Waals surface area contributed by atoms with Crippen molar-refractivity contribution >= 4 is 17.9 Å². The average Bonchev–Trinajstić information content (AvgIpc) is 2.85. The van der Waals surface area contributed by atoms with Gasteiger partial charge in [0.1, 0.15) is 11.3 Å². The number of aromatic nitrogens is 2. The number of nitrogens with zero attached hydrogens (tertiary/aromatic N) is 3. The first-order valence-electron chi connectivity index (χ1n) is 8.56. The zero-order chi connectivity index (χ0) is 19.7. The molecule has 148 valence electrons. The van der Waals surface area contributed by atoms with E-state index in [1.807, 2.05) is 0 Å². The van der Waals surface area contributed by atoms with Crippen LogP contribution in [0.5, 0.6) is 0 Å². The lowest BCUT2D eigenvalue weighted by atomic mass is 9.92. The van der Waals surface area contributed by atoms with E-state index in [0.29, 0.717) is 25.9 Å². The Hall–Kier alpha value is -1.38. The molecule has 1 aromatic rings. The Morgan fingerprint density at radius 2 is 1.88 bits per heavy atom. The van der Waals surface area contributed by atoms with Gasteiger partial charge in [0.05, 0.1) is 4.90 Å². The van der Waals surface area contributed by atoms with Gasteiger partial charge in [0.15, 0.2) is 5.00 Å². The van der Waals surface area contributed by atoms with Crippen LogP contribution in [-0.2, 0) is 11.8 Å². The molecule has 5 nitrogen and oxygen atoms in total. The smallest absolute Gasteiger partial charge is 0.410 e. The molecule has 0 unspecified atom stereocenters. The second kappa shape index (κ2) is 7.70. The number of aryl methyl sites for hydroxylation is 1. The summed E-state index contributed by atoms with van der Waals surface area (Å²) in [4.78, 5) is 13.8. The summed E-state index contributed by atoms with van der Waals surface area (Å²) in [5.74, 6) is -0.350. The van der Waals surface area contributed by atoms with E-state index in [-0.39, 0.29) is 10.8 Å². The number of hydrogen-bond donors (Lipinski definition) is 0. The fraction of sp³-hybridized carbons (Fsp3) is 0.765. The third kappa shape index (κ3) is 5.31. The number of hydrogen-bond acceptors (Lipinski definition) is 4. The predicted molar refractivity (Wildman–Crippen MR) is 94.1 cm³/mol.